The third-order valence-corrected chi connectivity index (χ3v) is 5.23. The van der Waals surface area contributed by atoms with Crippen molar-refractivity contribution in [3.05, 3.63) is 64.9 Å². The first kappa shape index (κ1) is 18.4. The third-order valence-electron chi connectivity index (χ3n) is 5.23. The molecule has 2 aromatic carbocycles. The lowest BCUT2D eigenvalue weighted by atomic mass is 10.2. The molecule has 5 rings (SSSR count). The quantitative estimate of drug-likeness (QED) is 0.490. The summed E-state index contributed by atoms with van der Waals surface area (Å²) < 4.78 is 6.78. The van der Waals surface area contributed by atoms with Crippen LogP contribution in [0.5, 0.6) is 0 Å². The number of amides is 1. The number of H-pyrrole nitrogens is 1. The number of nitrogens with zero attached hydrogens (tertiary/aromatic N) is 3. The number of aromatic amines is 1. The number of oxazole rings is 1. The predicted molar refractivity (Wildman–Crippen MR) is 112 cm³/mol. The zero-order chi connectivity index (χ0) is 20.5. The summed E-state index contributed by atoms with van der Waals surface area (Å²) in [5.74, 6) is 1.57. The van der Waals surface area contributed by atoms with Crippen molar-refractivity contribution in [3.63, 3.8) is 0 Å². The Labute approximate surface area is 171 Å². The number of carbonyl (C=O) groups excluding carboxylic acids is 1. The van der Waals surface area contributed by atoms with Crippen LogP contribution in [-0.4, -0.2) is 25.7 Å². The second kappa shape index (κ2) is 7.62. The highest BCUT2D eigenvalue weighted by molar-refractivity contribution is 5.91. The summed E-state index contributed by atoms with van der Waals surface area (Å²) in [5, 5.41) is 10.2. The Morgan fingerprint density at radius 3 is 2.93 bits per heavy atom. The van der Waals surface area contributed by atoms with E-state index in [2.05, 4.69) is 20.5 Å². The van der Waals surface area contributed by atoms with Gasteiger partial charge in [0.1, 0.15) is 5.82 Å². The molecule has 1 aliphatic rings. The summed E-state index contributed by atoms with van der Waals surface area (Å²) >= 11 is 0. The lowest BCUT2D eigenvalue weighted by Gasteiger charge is -2.07. The van der Waals surface area contributed by atoms with Crippen molar-refractivity contribution in [2.24, 2.45) is 0 Å². The van der Waals surface area contributed by atoms with E-state index in [1.54, 1.807) is 10.6 Å². The average molecular weight is 403 g/mol. The molecule has 152 valence electrons. The van der Waals surface area contributed by atoms with Gasteiger partial charge in [0, 0.05) is 30.1 Å². The number of rotatable bonds is 7. The molecule has 1 saturated carbocycles. The molecule has 30 heavy (non-hydrogen) atoms. The second-order valence-corrected chi connectivity index (χ2v) is 7.54. The van der Waals surface area contributed by atoms with Gasteiger partial charge in [0.2, 0.25) is 5.91 Å². The molecular formula is C22H21N5O3. The Morgan fingerprint density at radius 2 is 2.07 bits per heavy atom. The standard InChI is InChI=1S/C22H21N5O3/c28-19(9-4-12-27-17-7-1-2-8-18(17)30-22(27)29)23-16-6-3-5-15(13-16)21-24-20(25-26-21)14-10-11-14/h1-3,5-8,13-14H,4,9-12H2,(H,23,28)(H,24,25,26). The average Bonchev–Trinajstić information content (AvgIpc) is 3.39. The molecule has 0 spiro atoms. The van der Waals surface area contributed by atoms with E-state index in [1.807, 2.05) is 42.5 Å². The number of hydrogen-bond donors (Lipinski definition) is 2. The third kappa shape index (κ3) is 3.76. The van der Waals surface area contributed by atoms with E-state index in [0.29, 0.717) is 42.4 Å². The van der Waals surface area contributed by atoms with Gasteiger partial charge in [-0.05, 0) is 43.5 Å². The smallest absolute Gasteiger partial charge is 0.408 e. The molecule has 1 aliphatic carbocycles. The molecule has 2 aromatic heterocycles. The van der Waals surface area contributed by atoms with Crippen molar-refractivity contribution in [1.82, 2.24) is 19.7 Å². The van der Waals surface area contributed by atoms with Gasteiger partial charge in [0.25, 0.3) is 0 Å². The molecule has 8 heteroatoms. The minimum absolute atomic E-state index is 0.110. The van der Waals surface area contributed by atoms with Crippen LogP contribution in [0.25, 0.3) is 22.5 Å². The number of fused-ring (bicyclic) bond motifs is 1. The molecule has 1 fully saturated rings. The predicted octanol–water partition coefficient (Wildman–Crippen LogP) is 3.68. The van der Waals surface area contributed by atoms with Gasteiger partial charge in [-0.1, -0.05) is 24.3 Å². The molecule has 0 radical (unpaired) electrons. The second-order valence-electron chi connectivity index (χ2n) is 7.54. The van der Waals surface area contributed by atoms with Gasteiger partial charge in [-0.3, -0.25) is 14.5 Å². The van der Waals surface area contributed by atoms with Crippen LogP contribution in [0.2, 0.25) is 0 Å². The number of hydrogen-bond acceptors (Lipinski definition) is 5. The molecular weight excluding hydrogens is 382 g/mol. The van der Waals surface area contributed by atoms with Crippen LogP contribution in [0.15, 0.2) is 57.7 Å². The Bertz CT molecular complexity index is 1270. The summed E-state index contributed by atoms with van der Waals surface area (Å²) in [6.07, 6.45) is 3.14. The summed E-state index contributed by atoms with van der Waals surface area (Å²) in [4.78, 5) is 28.9. The SMILES string of the molecule is O=C(CCCn1c(=O)oc2ccccc21)Nc1cccc(-c2n[nH]c(C3CC3)n2)c1. The minimum atomic E-state index is -0.402. The van der Waals surface area contributed by atoms with Crippen molar-refractivity contribution in [1.29, 1.82) is 0 Å². The summed E-state index contributed by atoms with van der Waals surface area (Å²) in [7, 11) is 0. The first-order valence-corrected chi connectivity index (χ1v) is 10.1. The first-order chi connectivity index (χ1) is 14.7. The van der Waals surface area contributed by atoms with Crippen molar-refractivity contribution in [3.8, 4) is 11.4 Å². The number of nitrogens with one attached hydrogen (secondary N) is 2. The fraction of sp³-hybridized carbons (Fsp3) is 0.273. The topological polar surface area (TPSA) is 106 Å². The summed E-state index contributed by atoms with van der Waals surface area (Å²) in [6.45, 7) is 0.421. The van der Waals surface area contributed by atoms with E-state index in [4.69, 9.17) is 4.42 Å². The number of carbonyl (C=O) groups is 1. The zero-order valence-electron chi connectivity index (χ0n) is 16.3. The van der Waals surface area contributed by atoms with Crippen molar-refractivity contribution < 1.29 is 9.21 Å². The Balaban J connectivity index is 1.20. The van der Waals surface area contributed by atoms with E-state index in [9.17, 15) is 9.59 Å². The van der Waals surface area contributed by atoms with Gasteiger partial charge in [0.15, 0.2) is 11.4 Å². The van der Waals surface area contributed by atoms with Crippen LogP contribution in [-0.2, 0) is 11.3 Å². The van der Waals surface area contributed by atoms with Gasteiger partial charge >= 0.3 is 5.76 Å². The Hall–Kier alpha value is -3.68. The number of benzene rings is 2. The van der Waals surface area contributed by atoms with Crippen molar-refractivity contribution in [2.45, 2.75) is 38.1 Å². The van der Waals surface area contributed by atoms with Crippen molar-refractivity contribution >= 4 is 22.7 Å². The highest BCUT2D eigenvalue weighted by Gasteiger charge is 2.27. The van der Waals surface area contributed by atoms with Crippen molar-refractivity contribution in [2.75, 3.05) is 5.32 Å². The minimum Gasteiger partial charge on any atom is -0.408 e. The molecule has 2 heterocycles. The molecule has 1 amide bonds. The maximum Gasteiger partial charge on any atom is 0.419 e. The van der Waals surface area contributed by atoms with Crippen LogP contribution in [0.1, 0.15) is 37.4 Å². The van der Waals surface area contributed by atoms with E-state index >= 15 is 0 Å². The first-order valence-electron chi connectivity index (χ1n) is 10.1. The van der Waals surface area contributed by atoms with E-state index in [0.717, 1.165) is 29.7 Å². The molecule has 0 atom stereocenters. The summed E-state index contributed by atoms with van der Waals surface area (Å²) in [5.41, 5.74) is 2.85. The maximum atomic E-state index is 12.4. The van der Waals surface area contributed by atoms with Crippen LogP contribution in [0.3, 0.4) is 0 Å². The Morgan fingerprint density at radius 1 is 1.20 bits per heavy atom. The van der Waals surface area contributed by atoms with Crippen LogP contribution in [0, 0.1) is 0 Å². The molecule has 4 aromatic rings. The van der Waals surface area contributed by atoms with Crippen LogP contribution in [0.4, 0.5) is 5.69 Å². The van der Waals surface area contributed by atoms with E-state index in [-0.39, 0.29) is 5.91 Å². The zero-order valence-corrected chi connectivity index (χ0v) is 16.3. The fourth-order valence-corrected chi connectivity index (χ4v) is 3.53. The molecule has 0 bridgehead atoms. The number of para-hydroxylation sites is 2. The van der Waals surface area contributed by atoms with Gasteiger partial charge in [-0.25, -0.2) is 9.78 Å². The van der Waals surface area contributed by atoms with Gasteiger partial charge in [-0.2, -0.15) is 5.10 Å². The number of aryl methyl sites for hydroxylation is 1. The highest BCUT2D eigenvalue weighted by atomic mass is 16.4. The van der Waals surface area contributed by atoms with Gasteiger partial charge < -0.3 is 9.73 Å². The fourth-order valence-electron chi connectivity index (χ4n) is 3.53. The highest BCUT2D eigenvalue weighted by Crippen LogP contribution is 2.38. The monoisotopic (exact) mass is 403 g/mol. The lowest BCUT2D eigenvalue weighted by Crippen LogP contribution is -2.17. The molecule has 0 saturated heterocycles. The number of aromatic nitrogens is 4. The van der Waals surface area contributed by atoms with Crippen LogP contribution < -0.4 is 11.1 Å². The van der Waals surface area contributed by atoms with Crippen LogP contribution >= 0.6 is 0 Å². The normalized spacial score (nSPS) is 13.6. The van der Waals surface area contributed by atoms with E-state index < -0.39 is 5.76 Å². The molecule has 2 N–H and O–H groups in total. The Kier molecular flexibility index (Phi) is 4.66. The largest absolute Gasteiger partial charge is 0.419 e. The molecule has 8 nitrogen and oxygen atoms in total. The lowest BCUT2D eigenvalue weighted by molar-refractivity contribution is -0.116. The maximum absolute atomic E-state index is 12.4. The number of anilines is 1. The summed E-state index contributed by atoms with van der Waals surface area (Å²) in [6, 6.07) is 14.8. The van der Waals surface area contributed by atoms with Gasteiger partial charge in [0.05, 0.1) is 5.52 Å². The van der Waals surface area contributed by atoms with Gasteiger partial charge in [-0.15, -0.1) is 0 Å². The van der Waals surface area contributed by atoms with E-state index in [1.165, 1.54) is 0 Å². The molecule has 0 aliphatic heterocycles. The molecule has 0 unspecified atom stereocenters.